The van der Waals surface area contributed by atoms with E-state index in [0.717, 1.165) is 71.8 Å². The lowest BCUT2D eigenvalue weighted by Gasteiger charge is -2.34. The van der Waals surface area contributed by atoms with E-state index < -0.39 is 17.6 Å². The maximum absolute atomic E-state index is 13.4. The molecule has 0 radical (unpaired) electrons. The number of aromatic amines is 1. The van der Waals surface area contributed by atoms with E-state index in [-0.39, 0.29) is 11.8 Å². The first-order chi connectivity index (χ1) is 20.9. The molecule has 1 amide bonds. The van der Waals surface area contributed by atoms with E-state index in [4.69, 9.17) is 14.6 Å². The van der Waals surface area contributed by atoms with Gasteiger partial charge in [-0.2, -0.15) is 18.3 Å². The number of ether oxygens (including phenoxy) is 1. The topological polar surface area (TPSA) is 102 Å². The summed E-state index contributed by atoms with van der Waals surface area (Å²) in [6.45, 7) is 4.30. The van der Waals surface area contributed by atoms with Crippen LogP contribution in [-0.4, -0.2) is 85.6 Å². The number of amides is 1. The van der Waals surface area contributed by atoms with Crippen molar-refractivity contribution >= 4 is 34.2 Å². The third kappa shape index (κ3) is 5.02. The van der Waals surface area contributed by atoms with Gasteiger partial charge < -0.3 is 24.5 Å². The predicted octanol–water partition coefficient (Wildman–Crippen LogP) is 5.03. The highest BCUT2D eigenvalue weighted by atomic mass is 19.4. The van der Waals surface area contributed by atoms with Crippen molar-refractivity contribution in [2.45, 2.75) is 23.9 Å². The Morgan fingerprint density at radius 1 is 1.02 bits per heavy atom. The summed E-state index contributed by atoms with van der Waals surface area (Å²) in [7, 11) is 5.72. The molecule has 0 unspecified atom stereocenters. The van der Waals surface area contributed by atoms with Gasteiger partial charge in [-0.1, -0.05) is 24.3 Å². The fourth-order valence-corrected chi connectivity index (χ4v) is 6.38. The molecule has 2 atom stereocenters. The lowest BCUT2D eigenvalue weighted by atomic mass is 9.91. The average molecular weight is 608 g/mol. The van der Waals surface area contributed by atoms with Crippen LogP contribution in [0.25, 0.3) is 22.2 Å². The lowest BCUT2D eigenvalue weighted by Crippen LogP contribution is -2.44. The molecule has 230 valence electrons. The number of alkyl halides is 3. The van der Waals surface area contributed by atoms with Gasteiger partial charge in [0.25, 0.3) is 0 Å². The van der Waals surface area contributed by atoms with E-state index in [1.165, 1.54) is 11.3 Å². The minimum Gasteiger partial charge on any atom is -0.497 e. The van der Waals surface area contributed by atoms with E-state index >= 15 is 0 Å². The van der Waals surface area contributed by atoms with Gasteiger partial charge in [0.1, 0.15) is 5.75 Å². The molecule has 0 bridgehead atoms. The highest BCUT2D eigenvalue weighted by molar-refractivity contribution is 6.11. The Balaban J connectivity index is 0.000000441. The Hall–Kier alpha value is -4.58. The van der Waals surface area contributed by atoms with Crippen molar-refractivity contribution in [2.24, 2.45) is 0 Å². The number of piperazine rings is 1. The van der Waals surface area contributed by atoms with Gasteiger partial charge >= 0.3 is 12.1 Å². The molecule has 1 saturated heterocycles. The standard InChI is InChI=1S/C30H31N5O2.C2HF3O2/c1-33-12-14-35(15-13-33)21-7-4-19(5-8-21)28-23-10-6-20(16-26(23)31-32-28)25-18-30(25)24-17-22(37-3)9-11-27(24)34(2)29(30)36;3-2(4,5)1(6)7/h4-11,16-17,25H,12-15,18H2,1-3H3,(H,31,32);(H,6,7)/t25-,30-;/m0./s1. The van der Waals surface area contributed by atoms with E-state index in [9.17, 15) is 18.0 Å². The Kier molecular flexibility index (Phi) is 7.27. The van der Waals surface area contributed by atoms with Gasteiger partial charge in [0.2, 0.25) is 5.91 Å². The van der Waals surface area contributed by atoms with Crippen molar-refractivity contribution in [3.8, 4) is 17.0 Å². The van der Waals surface area contributed by atoms with Crippen molar-refractivity contribution in [1.82, 2.24) is 15.1 Å². The van der Waals surface area contributed by atoms with Crippen molar-refractivity contribution in [3.63, 3.8) is 0 Å². The number of hydrogen-bond donors (Lipinski definition) is 2. The molecule has 2 aliphatic heterocycles. The van der Waals surface area contributed by atoms with Crippen LogP contribution in [0.2, 0.25) is 0 Å². The van der Waals surface area contributed by atoms with E-state index in [0.29, 0.717) is 0 Å². The summed E-state index contributed by atoms with van der Waals surface area (Å²) in [5, 5.41) is 16.1. The molecular weight excluding hydrogens is 575 g/mol. The Bertz CT molecular complexity index is 1730. The van der Waals surface area contributed by atoms with E-state index in [1.807, 2.05) is 25.2 Å². The maximum atomic E-state index is 13.4. The molecule has 3 aromatic carbocycles. The second-order valence-electron chi connectivity index (χ2n) is 11.5. The number of rotatable bonds is 4. The number of carboxylic acid groups (broad SMARTS) is 1. The summed E-state index contributed by atoms with van der Waals surface area (Å²) in [6, 6.07) is 21.2. The van der Waals surface area contributed by atoms with Crippen molar-refractivity contribution in [1.29, 1.82) is 0 Å². The first-order valence-corrected chi connectivity index (χ1v) is 14.2. The van der Waals surface area contributed by atoms with Crippen LogP contribution in [0.3, 0.4) is 0 Å². The van der Waals surface area contributed by atoms with Crippen LogP contribution >= 0.6 is 0 Å². The zero-order chi connectivity index (χ0) is 31.4. The molecule has 1 aliphatic carbocycles. The van der Waals surface area contributed by atoms with Crippen molar-refractivity contribution in [3.05, 3.63) is 71.8 Å². The molecular formula is C32H32F3N5O4. The summed E-state index contributed by atoms with van der Waals surface area (Å²) < 4.78 is 37.2. The number of fused-ring (bicyclic) bond motifs is 3. The third-order valence-corrected chi connectivity index (χ3v) is 8.93. The highest BCUT2D eigenvalue weighted by Gasteiger charge is 2.66. The lowest BCUT2D eigenvalue weighted by molar-refractivity contribution is -0.192. The minimum absolute atomic E-state index is 0.148. The van der Waals surface area contributed by atoms with Crippen LogP contribution in [0, 0.1) is 0 Å². The number of H-pyrrole nitrogens is 1. The second-order valence-corrected chi connectivity index (χ2v) is 11.5. The van der Waals surface area contributed by atoms with Crippen LogP contribution in [0.4, 0.5) is 24.5 Å². The first-order valence-electron chi connectivity index (χ1n) is 14.2. The van der Waals surface area contributed by atoms with Crippen LogP contribution in [0.5, 0.6) is 5.75 Å². The molecule has 9 nitrogen and oxygen atoms in total. The molecule has 3 heterocycles. The molecule has 2 N–H and O–H groups in total. The molecule has 4 aromatic rings. The molecule has 2 fully saturated rings. The van der Waals surface area contributed by atoms with Gasteiger partial charge in [-0.05, 0) is 61.0 Å². The van der Waals surface area contributed by atoms with Crippen LogP contribution < -0.4 is 14.5 Å². The van der Waals surface area contributed by atoms with Gasteiger partial charge in [-0.15, -0.1) is 0 Å². The van der Waals surface area contributed by atoms with Crippen molar-refractivity contribution < 1.29 is 32.6 Å². The minimum atomic E-state index is -5.08. The third-order valence-electron chi connectivity index (χ3n) is 8.93. The summed E-state index contributed by atoms with van der Waals surface area (Å²) in [4.78, 5) is 28.9. The Labute approximate surface area is 251 Å². The molecule has 1 aromatic heterocycles. The fourth-order valence-electron chi connectivity index (χ4n) is 6.38. The number of carbonyl (C=O) groups excluding carboxylic acids is 1. The number of anilines is 2. The Morgan fingerprint density at radius 3 is 2.34 bits per heavy atom. The van der Waals surface area contributed by atoms with Gasteiger partial charge in [0, 0.05) is 61.5 Å². The normalized spacial score (nSPS) is 21.3. The summed E-state index contributed by atoms with van der Waals surface area (Å²) >= 11 is 0. The van der Waals surface area contributed by atoms with E-state index in [2.05, 4.69) is 69.5 Å². The molecule has 1 saturated carbocycles. The fraction of sp³-hybridized carbons (Fsp3) is 0.344. The number of likely N-dealkylation sites (N-methyl/N-ethyl adjacent to an activating group) is 2. The second kappa shape index (κ2) is 10.8. The number of benzene rings is 3. The summed E-state index contributed by atoms with van der Waals surface area (Å²) in [5.74, 6) is -1.65. The monoisotopic (exact) mass is 607 g/mol. The molecule has 1 spiro atoms. The number of nitrogens with one attached hydrogen (secondary N) is 1. The van der Waals surface area contributed by atoms with Crippen molar-refractivity contribution in [2.75, 3.05) is 57.2 Å². The number of nitrogens with zero attached hydrogens (tertiary/aromatic N) is 4. The number of aromatic nitrogens is 2. The number of aliphatic carboxylic acids is 1. The molecule has 44 heavy (non-hydrogen) atoms. The number of hydrogen-bond acceptors (Lipinski definition) is 6. The smallest absolute Gasteiger partial charge is 0.490 e. The SMILES string of the molecule is COc1ccc2c(c1)[C@]1(C[C@H]1c1ccc3c(-c4ccc(N5CCN(C)CC5)cc4)n[nH]c3c1)C(=O)N2C.O=C(O)C(F)(F)F. The summed E-state index contributed by atoms with van der Waals surface area (Å²) in [6.07, 6.45) is -4.27. The molecule has 7 rings (SSSR count). The average Bonchev–Trinajstić information content (AvgIpc) is 3.58. The maximum Gasteiger partial charge on any atom is 0.490 e. The predicted molar refractivity (Wildman–Crippen MR) is 160 cm³/mol. The van der Waals surface area contributed by atoms with E-state index in [1.54, 1.807) is 12.0 Å². The van der Waals surface area contributed by atoms with Gasteiger partial charge in [-0.3, -0.25) is 9.89 Å². The number of halogens is 3. The van der Waals surface area contributed by atoms with Gasteiger partial charge in [0.15, 0.2) is 0 Å². The Morgan fingerprint density at radius 2 is 1.70 bits per heavy atom. The summed E-state index contributed by atoms with van der Waals surface area (Å²) in [5.41, 5.74) is 7.08. The van der Waals surface area contributed by atoms with Gasteiger partial charge in [-0.25, -0.2) is 4.79 Å². The zero-order valence-corrected chi connectivity index (χ0v) is 24.5. The van der Waals surface area contributed by atoms with Gasteiger partial charge in [0.05, 0.1) is 23.7 Å². The quantitative estimate of drug-likeness (QED) is 0.336. The number of carboxylic acids is 1. The zero-order valence-electron chi connectivity index (χ0n) is 24.5. The highest BCUT2D eigenvalue weighted by Crippen LogP contribution is 2.66. The van der Waals surface area contributed by atoms with Crippen LogP contribution in [-0.2, 0) is 15.0 Å². The van der Waals surface area contributed by atoms with Crippen LogP contribution in [0.1, 0.15) is 23.5 Å². The largest absolute Gasteiger partial charge is 0.497 e. The number of carbonyl (C=O) groups is 2. The van der Waals surface area contributed by atoms with Crippen LogP contribution in [0.15, 0.2) is 60.7 Å². The molecule has 3 aliphatic rings. The number of methoxy groups -OCH3 is 1. The molecule has 12 heteroatoms. The first kappa shape index (κ1) is 29.5.